The van der Waals surface area contributed by atoms with Crippen LogP contribution in [0.1, 0.15) is 23.6 Å². The van der Waals surface area contributed by atoms with Crippen molar-refractivity contribution < 1.29 is 30.8 Å². The number of halogens is 5. The van der Waals surface area contributed by atoms with Crippen molar-refractivity contribution in [3.05, 3.63) is 64.4 Å². The monoisotopic (exact) mass is 465 g/mol. The Hall–Kier alpha value is -2.21. The zero-order valence-corrected chi connectivity index (χ0v) is 16.9. The van der Waals surface area contributed by atoms with Crippen LogP contribution in [0.2, 0.25) is 5.02 Å². The van der Waals surface area contributed by atoms with E-state index in [4.69, 9.17) is 11.6 Å². The zero-order chi connectivity index (χ0) is 22.3. The fraction of sp³-hybridized carbons (Fsp3) is 0.278. The van der Waals surface area contributed by atoms with Crippen molar-refractivity contribution in [2.24, 2.45) is 0 Å². The Balaban J connectivity index is 1.88. The van der Waals surface area contributed by atoms with E-state index in [2.05, 4.69) is 10.0 Å². The van der Waals surface area contributed by atoms with Crippen LogP contribution in [-0.4, -0.2) is 31.7 Å². The van der Waals surface area contributed by atoms with Gasteiger partial charge < -0.3 is 5.32 Å². The third kappa shape index (κ3) is 4.75. The molecule has 1 fully saturated rings. The summed E-state index contributed by atoms with van der Waals surface area (Å²) in [6, 6.07) is 5.39. The van der Waals surface area contributed by atoms with Crippen LogP contribution in [0.4, 0.5) is 23.2 Å². The van der Waals surface area contributed by atoms with Crippen molar-refractivity contribution in [1.29, 1.82) is 0 Å². The van der Waals surface area contributed by atoms with E-state index in [1.165, 1.54) is 25.2 Å². The van der Waals surface area contributed by atoms with Gasteiger partial charge in [0.05, 0.1) is 10.6 Å². The summed E-state index contributed by atoms with van der Waals surface area (Å²) in [5, 5.41) is 2.22. The second kappa shape index (κ2) is 8.14. The number of rotatable bonds is 3. The minimum atomic E-state index is -4.60. The number of hydrogen-bond acceptors (Lipinski definition) is 3. The van der Waals surface area contributed by atoms with Gasteiger partial charge in [-0.3, -0.25) is 4.79 Å². The summed E-state index contributed by atoms with van der Waals surface area (Å²) in [4.78, 5) is 12.7. The Bertz CT molecular complexity index is 1080. The van der Waals surface area contributed by atoms with Crippen molar-refractivity contribution in [2.75, 3.05) is 12.4 Å². The lowest BCUT2D eigenvalue weighted by atomic mass is 9.97. The van der Waals surface area contributed by atoms with Crippen LogP contribution in [0, 0.1) is 5.82 Å². The van der Waals surface area contributed by atoms with E-state index < -0.39 is 45.8 Å². The molecule has 0 aromatic heterocycles. The van der Waals surface area contributed by atoms with Crippen molar-refractivity contribution in [3.8, 4) is 0 Å². The lowest BCUT2D eigenvalue weighted by Gasteiger charge is -2.36. The maximum absolute atomic E-state index is 13.3. The van der Waals surface area contributed by atoms with Gasteiger partial charge in [-0.1, -0.05) is 23.7 Å². The van der Waals surface area contributed by atoms with Crippen LogP contribution < -0.4 is 10.0 Å². The van der Waals surface area contributed by atoms with E-state index in [0.29, 0.717) is 0 Å². The maximum atomic E-state index is 13.3. The highest BCUT2D eigenvalue weighted by atomic mass is 35.5. The first-order valence-electron chi connectivity index (χ1n) is 8.57. The zero-order valence-electron chi connectivity index (χ0n) is 15.4. The SMILES string of the molecule is CN1[C@@H](C(=O)Nc2ccc(F)c(Cl)c2)C[C@@H](c2cccc(C(F)(F)F)c2)NS1(=O)=O. The number of alkyl halides is 3. The topological polar surface area (TPSA) is 78.5 Å². The Kier molecular flexibility index (Phi) is 6.10. The minimum Gasteiger partial charge on any atom is -0.325 e. The summed E-state index contributed by atoms with van der Waals surface area (Å²) in [6.45, 7) is 0. The van der Waals surface area contributed by atoms with Crippen LogP contribution in [0.3, 0.4) is 0 Å². The highest BCUT2D eigenvalue weighted by Crippen LogP contribution is 2.34. The van der Waals surface area contributed by atoms with E-state index in [1.54, 1.807) is 0 Å². The molecule has 6 nitrogen and oxygen atoms in total. The van der Waals surface area contributed by atoms with Gasteiger partial charge in [-0.15, -0.1) is 0 Å². The summed E-state index contributed by atoms with van der Waals surface area (Å²) < 4.78 is 80.3. The molecule has 162 valence electrons. The molecule has 0 aliphatic carbocycles. The molecule has 3 rings (SSSR count). The van der Waals surface area contributed by atoms with Crippen LogP contribution in [0.15, 0.2) is 42.5 Å². The van der Waals surface area contributed by atoms with Crippen molar-refractivity contribution >= 4 is 33.4 Å². The lowest BCUT2D eigenvalue weighted by Crippen LogP contribution is -2.55. The second-order valence-electron chi connectivity index (χ2n) is 6.68. The molecule has 12 heteroatoms. The highest BCUT2D eigenvalue weighted by molar-refractivity contribution is 7.87. The van der Waals surface area contributed by atoms with Gasteiger partial charge in [0.15, 0.2) is 0 Å². The quantitative estimate of drug-likeness (QED) is 0.678. The molecule has 2 atom stereocenters. The fourth-order valence-corrected chi connectivity index (χ4v) is 4.51. The van der Waals surface area contributed by atoms with Gasteiger partial charge >= 0.3 is 6.18 Å². The molecular formula is C18H16ClF4N3O3S. The Labute approximate surface area is 175 Å². The first-order valence-corrected chi connectivity index (χ1v) is 10.4. The molecule has 2 N–H and O–H groups in total. The number of carbonyl (C=O) groups is 1. The molecule has 1 heterocycles. The summed E-state index contributed by atoms with van der Waals surface area (Å²) in [7, 11) is -2.98. The summed E-state index contributed by atoms with van der Waals surface area (Å²) in [5.41, 5.74) is -0.712. The normalized spacial score (nSPS) is 21.9. The van der Waals surface area contributed by atoms with Gasteiger partial charge in [0, 0.05) is 18.8 Å². The average molecular weight is 466 g/mol. The molecule has 1 aliphatic heterocycles. The largest absolute Gasteiger partial charge is 0.416 e. The number of likely N-dealkylation sites (N-methyl/N-ethyl adjacent to an activating group) is 1. The smallest absolute Gasteiger partial charge is 0.325 e. The van der Waals surface area contributed by atoms with Crippen molar-refractivity contribution in [1.82, 2.24) is 9.03 Å². The molecule has 0 spiro atoms. The van der Waals surface area contributed by atoms with Crippen molar-refractivity contribution in [2.45, 2.75) is 24.7 Å². The van der Waals surface area contributed by atoms with Crippen molar-refractivity contribution in [3.63, 3.8) is 0 Å². The van der Waals surface area contributed by atoms with Crippen LogP contribution in [0.25, 0.3) is 0 Å². The summed E-state index contributed by atoms with van der Waals surface area (Å²) in [5.74, 6) is -1.43. The molecule has 30 heavy (non-hydrogen) atoms. The van der Waals surface area contributed by atoms with Gasteiger partial charge in [0.1, 0.15) is 11.9 Å². The van der Waals surface area contributed by atoms with E-state index in [1.807, 2.05) is 0 Å². The number of carbonyl (C=O) groups excluding carboxylic acids is 1. The van der Waals surface area contributed by atoms with Gasteiger partial charge in [0.2, 0.25) is 5.91 Å². The Morgan fingerprint density at radius 3 is 2.57 bits per heavy atom. The number of anilines is 1. The molecule has 1 amide bonds. The van der Waals surface area contributed by atoms with E-state index in [0.717, 1.165) is 28.6 Å². The number of nitrogens with zero attached hydrogens (tertiary/aromatic N) is 1. The van der Waals surface area contributed by atoms with Gasteiger partial charge in [-0.2, -0.15) is 30.6 Å². The third-order valence-corrected chi connectivity index (χ3v) is 6.56. The average Bonchev–Trinajstić information content (AvgIpc) is 2.66. The summed E-state index contributed by atoms with van der Waals surface area (Å²) in [6.07, 6.45) is -4.73. The van der Waals surface area contributed by atoms with Gasteiger partial charge in [-0.25, -0.2) is 4.39 Å². The maximum Gasteiger partial charge on any atom is 0.416 e. The number of amides is 1. The molecule has 0 unspecified atom stereocenters. The summed E-state index contributed by atoms with van der Waals surface area (Å²) >= 11 is 5.68. The first kappa shape index (κ1) is 22.5. The molecular weight excluding hydrogens is 450 g/mol. The van der Waals surface area contributed by atoms with E-state index in [-0.39, 0.29) is 22.7 Å². The van der Waals surface area contributed by atoms with E-state index >= 15 is 0 Å². The predicted octanol–water partition coefficient (Wildman–Crippen LogP) is 3.72. The minimum absolute atomic E-state index is 0.0733. The molecule has 2 aromatic carbocycles. The highest BCUT2D eigenvalue weighted by Gasteiger charge is 2.41. The van der Waals surface area contributed by atoms with Gasteiger partial charge in [-0.05, 0) is 42.3 Å². The van der Waals surface area contributed by atoms with Crippen LogP contribution in [-0.2, 0) is 21.2 Å². The lowest BCUT2D eigenvalue weighted by molar-refractivity contribution is -0.137. The van der Waals surface area contributed by atoms with E-state index in [9.17, 15) is 30.8 Å². The van der Waals surface area contributed by atoms with Crippen LogP contribution in [0.5, 0.6) is 0 Å². The third-order valence-electron chi connectivity index (χ3n) is 4.67. The van der Waals surface area contributed by atoms with Crippen LogP contribution >= 0.6 is 11.6 Å². The molecule has 0 saturated carbocycles. The predicted molar refractivity (Wildman–Crippen MR) is 102 cm³/mol. The standard InChI is InChI=1S/C18H16ClF4N3O3S/c1-26-16(17(27)24-12-5-6-14(20)13(19)8-12)9-15(25-30(26,28)29)10-3-2-4-11(7-10)18(21,22)23/h2-8,15-16,25H,9H2,1H3,(H,24,27)/t15-,16+/m0/s1. The molecule has 0 radical (unpaired) electrons. The second-order valence-corrected chi connectivity index (χ2v) is 8.85. The molecule has 1 aliphatic rings. The molecule has 2 aromatic rings. The van der Waals surface area contributed by atoms with Gasteiger partial charge in [0.25, 0.3) is 10.2 Å². The number of benzene rings is 2. The Morgan fingerprint density at radius 1 is 1.23 bits per heavy atom. The molecule has 0 bridgehead atoms. The number of nitrogens with one attached hydrogen (secondary N) is 2. The first-order chi connectivity index (χ1) is 13.9. The number of hydrogen-bond donors (Lipinski definition) is 2. The molecule has 1 saturated heterocycles. The fourth-order valence-electron chi connectivity index (χ4n) is 3.06. The Morgan fingerprint density at radius 2 is 1.93 bits per heavy atom.